The Labute approximate surface area is 174 Å². The van der Waals surface area contributed by atoms with E-state index in [2.05, 4.69) is 57.3 Å². The normalized spacial score (nSPS) is 16.8. The summed E-state index contributed by atoms with van der Waals surface area (Å²) in [6, 6.07) is 10.6. The van der Waals surface area contributed by atoms with Gasteiger partial charge in [0.25, 0.3) is 0 Å². The van der Waals surface area contributed by atoms with Crippen molar-refractivity contribution in [2.75, 3.05) is 13.1 Å². The molecule has 30 heavy (non-hydrogen) atoms. The second-order valence-corrected chi connectivity index (χ2v) is 7.97. The Balaban J connectivity index is 1.50. The molecule has 0 unspecified atom stereocenters. The van der Waals surface area contributed by atoms with Gasteiger partial charge in [0.15, 0.2) is 0 Å². The molecule has 0 saturated carbocycles. The molecule has 5 rings (SSSR count). The van der Waals surface area contributed by atoms with E-state index in [0.29, 0.717) is 6.54 Å². The van der Waals surface area contributed by atoms with Crippen molar-refractivity contribution in [3.8, 4) is 11.1 Å². The van der Waals surface area contributed by atoms with Crippen LogP contribution in [0.25, 0.3) is 22.0 Å². The highest BCUT2D eigenvalue weighted by atomic mass is 16.2. The third kappa shape index (κ3) is 3.47. The summed E-state index contributed by atoms with van der Waals surface area (Å²) in [6.45, 7) is 3.84. The smallest absolute Gasteiger partial charge is 0.244 e. The lowest BCUT2D eigenvalue weighted by molar-refractivity contribution is -0.133. The van der Waals surface area contributed by atoms with E-state index >= 15 is 0 Å². The molecule has 1 atom stereocenters. The summed E-state index contributed by atoms with van der Waals surface area (Å²) in [5, 5.41) is 5.29. The van der Waals surface area contributed by atoms with Gasteiger partial charge in [0.05, 0.1) is 0 Å². The van der Waals surface area contributed by atoms with E-state index in [4.69, 9.17) is 0 Å². The number of carbonyl (C=O) groups is 1. The molecule has 0 spiro atoms. The Morgan fingerprint density at radius 3 is 2.87 bits per heavy atom. The second kappa shape index (κ2) is 7.74. The Morgan fingerprint density at radius 2 is 2.07 bits per heavy atom. The predicted octanol–water partition coefficient (Wildman–Crippen LogP) is 3.54. The van der Waals surface area contributed by atoms with Gasteiger partial charge in [0.2, 0.25) is 5.91 Å². The largest absolute Gasteiger partial charge is 0.358 e. The first kappa shape index (κ1) is 18.5. The third-order valence-electron chi connectivity index (χ3n) is 5.90. The van der Waals surface area contributed by atoms with Crippen molar-refractivity contribution in [2.24, 2.45) is 0 Å². The topological polar surface area (TPSA) is 79.7 Å². The number of nitrogens with zero attached hydrogens (tertiary/aromatic N) is 5. The molecule has 4 heterocycles. The number of aromatic amines is 1. The number of hydrogen-bond donors (Lipinski definition) is 1. The Morgan fingerprint density at radius 1 is 1.20 bits per heavy atom. The van der Waals surface area contributed by atoms with E-state index in [9.17, 15) is 4.79 Å². The van der Waals surface area contributed by atoms with Gasteiger partial charge in [0, 0.05) is 53.6 Å². The van der Waals surface area contributed by atoms with Crippen molar-refractivity contribution in [2.45, 2.75) is 32.2 Å². The molecule has 1 saturated heterocycles. The highest BCUT2D eigenvalue weighted by molar-refractivity contribution is 5.98. The zero-order valence-electron chi connectivity index (χ0n) is 17.0. The summed E-state index contributed by atoms with van der Waals surface area (Å²) in [7, 11) is 0. The number of aromatic nitrogens is 5. The number of fused-ring (bicyclic) bond motifs is 1. The van der Waals surface area contributed by atoms with Crippen LogP contribution in [0, 0.1) is 6.92 Å². The fraction of sp³-hybridized carbons (Fsp3) is 0.304. The molecule has 4 aromatic rings. The maximum absolute atomic E-state index is 12.8. The zero-order valence-corrected chi connectivity index (χ0v) is 17.0. The molecule has 1 fully saturated rings. The predicted molar refractivity (Wildman–Crippen MR) is 115 cm³/mol. The van der Waals surface area contributed by atoms with Crippen LogP contribution < -0.4 is 0 Å². The molecule has 152 valence electrons. The molecule has 1 aliphatic heterocycles. The minimum atomic E-state index is 0.0858. The number of hydrogen-bond acceptors (Lipinski definition) is 4. The molecular formula is C23H24N6O. The number of benzene rings is 1. The van der Waals surface area contributed by atoms with E-state index in [0.717, 1.165) is 30.5 Å². The minimum absolute atomic E-state index is 0.0858. The number of carbonyl (C=O) groups excluding carboxylic acids is 1. The van der Waals surface area contributed by atoms with Crippen molar-refractivity contribution in [3.63, 3.8) is 0 Å². The molecule has 7 nitrogen and oxygen atoms in total. The van der Waals surface area contributed by atoms with Crippen LogP contribution in [0.2, 0.25) is 0 Å². The molecule has 3 aromatic heterocycles. The summed E-state index contributed by atoms with van der Waals surface area (Å²) in [6.07, 6.45) is 8.75. The number of rotatable bonds is 4. The fourth-order valence-corrected chi connectivity index (χ4v) is 4.45. The molecule has 1 amide bonds. The van der Waals surface area contributed by atoms with Gasteiger partial charge >= 0.3 is 0 Å². The maximum atomic E-state index is 12.8. The van der Waals surface area contributed by atoms with Gasteiger partial charge in [-0.3, -0.25) is 9.78 Å². The summed E-state index contributed by atoms with van der Waals surface area (Å²) in [5.41, 5.74) is 5.96. The highest BCUT2D eigenvalue weighted by Gasteiger charge is 2.28. The van der Waals surface area contributed by atoms with Crippen LogP contribution in [0.1, 0.15) is 30.0 Å². The summed E-state index contributed by atoms with van der Waals surface area (Å²) in [5.74, 6) is 0.344. The Hall–Kier alpha value is -3.48. The zero-order chi connectivity index (χ0) is 20.5. The molecule has 1 aromatic carbocycles. The first-order chi connectivity index (χ1) is 14.7. The van der Waals surface area contributed by atoms with Crippen LogP contribution in [-0.2, 0) is 11.3 Å². The van der Waals surface area contributed by atoms with Crippen LogP contribution in [0.5, 0.6) is 0 Å². The number of pyridine rings is 1. The standard InChI is InChI=1S/C23H24N6O/c1-16-4-5-20-19(11-16)22(17-6-8-24-9-7-17)23(27-20)18-3-2-10-28(12-18)21(30)13-29-15-25-14-26-29/h4-9,11,14-15,18,27H,2-3,10,12-13H2,1H3/t18-/m0/s1. The minimum Gasteiger partial charge on any atom is -0.358 e. The van der Waals surface area contributed by atoms with E-state index in [1.54, 1.807) is 11.0 Å². The molecule has 1 N–H and O–H groups in total. The van der Waals surface area contributed by atoms with Gasteiger partial charge in [0.1, 0.15) is 19.2 Å². The van der Waals surface area contributed by atoms with Gasteiger partial charge in [-0.1, -0.05) is 11.6 Å². The molecular weight excluding hydrogens is 376 g/mol. The van der Waals surface area contributed by atoms with Gasteiger partial charge in [-0.05, 0) is 49.6 Å². The fourth-order valence-electron chi connectivity index (χ4n) is 4.45. The average molecular weight is 400 g/mol. The number of amides is 1. The van der Waals surface area contributed by atoms with Crippen molar-refractivity contribution in [1.82, 2.24) is 29.6 Å². The van der Waals surface area contributed by atoms with Crippen LogP contribution >= 0.6 is 0 Å². The van der Waals surface area contributed by atoms with E-state index < -0.39 is 0 Å². The Kier molecular flexibility index (Phi) is 4.78. The lowest BCUT2D eigenvalue weighted by Gasteiger charge is -2.33. The molecule has 0 radical (unpaired) electrons. The maximum Gasteiger partial charge on any atom is 0.244 e. The van der Waals surface area contributed by atoms with E-state index in [1.807, 2.05) is 17.3 Å². The number of piperidine rings is 1. The lowest BCUT2D eigenvalue weighted by Crippen LogP contribution is -2.41. The average Bonchev–Trinajstić information content (AvgIpc) is 3.42. The highest BCUT2D eigenvalue weighted by Crippen LogP contribution is 2.39. The number of H-pyrrole nitrogens is 1. The summed E-state index contributed by atoms with van der Waals surface area (Å²) >= 11 is 0. The van der Waals surface area contributed by atoms with Gasteiger partial charge < -0.3 is 9.88 Å². The second-order valence-electron chi connectivity index (χ2n) is 7.97. The van der Waals surface area contributed by atoms with Gasteiger partial charge in [-0.15, -0.1) is 0 Å². The number of likely N-dealkylation sites (tertiary alicyclic amines) is 1. The molecule has 1 aliphatic rings. The lowest BCUT2D eigenvalue weighted by atomic mass is 9.89. The number of aryl methyl sites for hydroxylation is 1. The third-order valence-corrected chi connectivity index (χ3v) is 5.90. The van der Waals surface area contributed by atoms with Gasteiger partial charge in [-0.25, -0.2) is 9.67 Å². The van der Waals surface area contributed by atoms with E-state index in [-0.39, 0.29) is 18.4 Å². The van der Waals surface area contributed by atoms with Crippen molar-refractivity contribution in [3.05, 3.63) is 66.6 Å². The van der Waals surface area contributed by atoms with Gasteiger partial charge in [-0.2, -0.15) is 5.10 Å². The number of nitrogens with one attached hydrogen (secondary N) is 1. The SMILES string of the molecule is Cc1ccc2[nH]c([C@H]3CCCN(C(=O)Cn4cncn4)C3)c(-c3ccncc3)c2c1. The Bertz CT molecular complexity index is 1170. The van der Waals surface area contributed by atoms with Crippen molar-refractivity contribution in [1.29, 1.82) is 0 Å². The molecule has 0 aliphatic carbocycles. The van der Waals surface area contributed by atoms with Crippen molar-refractivity contribution >= 4 is 16.8 Å². The molecule has 0 bridgehead atoms. The first-order valence-corrected chi connectivity index (χ1v) is 10.3. The van der Waals surface area contributed by atoms with Crippen LogP contribution in [0.4, 0.5) is 0 Å². The van der Waals surface area contributed by atoms with E-state index in [1.165, 1.54) is 28.5 Å². The first-order valence-electron chi connectivity index (χ1n) is 10.3. The summed E-state index contributed by atoms with van der Waals surface area (Å²) < 4.78 is 1.58. The monoisotopic (exact) mass is 400 g/mol. The quantitative estimate of drug-likeness (QED) is 0.568. The van der Waals surface area contributed by atoms with Crippen LogP contribution in [0.3, 0.4) is 0 Å². The molecule has 7 heteroatoms. The summed E-state index contributed by atoms with van der Waals surface area (Å²) in [4.78, 5) is 26.6. The van der Waals surface area contributed by atoms with Crippen LogP contribution in [-0.4, -0.2) is 48.6 Å². The van der Waals surface area contributed by atoms with Crippen LogP contribution in [0.15, 0.2) is 55.4 Å². The van der Waals surface area contributed by atoms with Crippen molar-refractivity contribution < 1.29 is 4.79 Å².